The van der Waals surface area contributed by atoms with E-state index in [2.05, 4.69) is 0 Å². The smallest absolute Gasteiger partial charge is 0.299 e. The third-order valence-electron chi connectivity index (χ3n) is 2.82. The summed E-state index contributed by atoms with van der Waals surface area (Å²) in [6.45, 7) is -0.263. The molecule has 2 rings (SSSR count). The fourth-order valence-electron chi connectivity index (χ4n) is 1.95. The summed E-state index contributed by atoms with van der Waals surface area (Å²) in [5.41, 5.74) is 0.690. The number of methoxy groups -OCH3 is 2. The second-order valence-electron chi connectivity index (χ2n) is 4.08. The van der Waals surface area contributed by atoms with E-state index in [1.54, 1.807) is 12.1 Å². The minimum absolute atomic E-state index is 0.0938. The average molecular weight is 263 g/mol. The fourth-order valence-corrected chi connectivity index (χ4v) is 1.95. The van der Waals surface area contributed by atoms with Crippen LogP contribution in [0.5, 0.6) is 5.75 Å². The van der Waals surface area contributed by atoms with Crippen LogP contribution in [-0.2, 0) is 14.3 Å². The molecule has 0 radical (unpaired) electrons. The summed E-state index contributed by atoms with van der Waals surface area (Å²) < 4.78 is 9.72. The van der Waals surface area contributed by atoms with Gasteiger partial charge in [0.2, 0.25) is 0 Å². The lowest BCUT2D eigenvalue weighted by molar-refractivity contribution is -0.123. The second-order valence-corrected chi connectivity index (χ2v) is 4.08. The van der Waals surface area contributed by atoms with Crippen LogP contribution < -0.4 is 9.64 Å². The lowest BCUT2D eigenvalue weighted by atomic mass is 10.1. The first-order chi connectivity index (χ1) is 9.08. The molecule has 0 spiro atoms. The van der Waals surface area contributed by atoms with Crippen molar-refractivity contribution in [3.05, 3.63) is 23.8 Å². The minimum atomic E-state index is -0.701. The maximum absolute atomic E-state index is 11.8. The molecule has 6 nitrogen and oxygen atoms in total. The zero-order chi connectivity index (χ0) is 14.0. The Hall–Kier alpha value is -2.21. The number of ketones is 2. The zero-order valence-electron chi connectivity index (χ0n) is 10.6. The van der Waals surface area contributed by atoms with Gasteiger partial charge in [0.15, 0.2) is 5.78 Å². The van der Waals surface area contributed by atoms with Gasteiger partial charge in [-0.3, -0.25) is 19.3 Å². The number of hydrogen-bond acceptors (Lipinski definition) is 5. The van der Waals surface area contributed by atoms with Gasteiger partial charge in [0.1, 0.15) is 12.4 Å². The number of anilines is 1. The van der Waals surface area contributed by atoms with Crippen LogP contribution >= 0.6 is 0 Å². The van der Waals surface area contributed by atoms with Crippen molar-refractivity contribution in [1.29, 1.82) is 0 Å². The SMILES string of the molecule is COCC(=O)CN1C(=O)C(=O)c2cc(OC)ccc21. The Morgan fingerprint density at radius 3 is 2.63 bits per heavy atom. The molecule has 0 aliphatic carbocycles. The van der Waals surface area contributed by atoms with Crippen molar-refractivity contribution in [2.75, 3.05) is 32.3 Å². The first kappa shape index (κ1) is 13.2. The molecular formula is C13H13NO5. The first-order valence-electron chi connectivity index (χ1n) is 5.63. The number of carbonyl (C=O) groups is 3. The zero-order valence-corrected chi connectivity index (χ0v) is 10.6. The van der Waals surface area contributed by atoms with E-state index in [1.165, 1.54) is 25.2 Å². The summed E-state index contributed by atoms with van der Waals surface area (Å²) >= 11 is 0. The van der Waals surface area contributed by atoms with Gasteiger partial charge >= 0.3 is 0 Å². The van der Waals surface area contributed by atoms with Crippen LogP contribution in [0, 0.1) is 0 Å². The Bertz CT molecular complexity index is 552. The Labute approximate surface area is 109 Å². The van der Waals surface area contributed by atoms with E-state index in [-0.39, 0.29) is 24.5 Å². The molecule has 0 saturated carbocycles. The van der Waals surface area contributed by atoms with Crippen LogP contribution in [0.15, 0.2) is 18.2 Å². The van der Waals surface area contributed by atoms with E-state index in [1.807, 2.05) is 0 Å². The first-order valence-corrected chi connectivity index (χ1v) is 5.63. The Balaban J connectivity index is 2.31. The molecule has 1 aromatic rings. The lowest BCUT2D eigenvalue weighted by Crippen LogP contribution is -2.35. The standard InChI is InChI=1S/C13H13NO5/c1-18-7-8(15)6-14-11-4-3-9(19-2)5-10(11)12(16)13(14)17/h3-5H,6-7H2,1-2H3. The number of Topliss-reactive ketones (excluding diaryl/α,β-unsaturated/α-hetero) is 2. The van der Waals surface area contributed by atoms with Gasteiger partial charge in [-0.25, -0.2) is 0 Å². The highest BCUT2D eigenvalue weighted by molar-refractivity contribution is 6.52. The van der Waals surface area contributed by atoms with Crippen LogP contribution in [0.2, 0.25) is 0 Å². The molecule has 1 amide bonds. The summed E-state index contributed by atoms with van der Waals surface area (Å²) in [7, 11) is 2.87. The normalized spacial score (nSPS) is 13.7. The van der Waals surface area contributed by atoms with Gasteiger partial charge in [0, 0.05) is 7.11 Å². The summed E-state index contributed by atoms with van der Waals surface area (Å²) in [5, 5.41) is 0. The Morgan fingerprint density at radius 1 is 1.26 bits per heavy atom. The summed E-state index contributed by atoms with van der Waals surface area (Å²) in [5.74, 6) is -1.11. The molecule has 1 aliphatic rings. The molecule has 0 aromatic heterocycles. The molecule has 1 heterocycles. The van der Waals surface area contributed by atoms with E-state index in [0.717, 1.165) is 0 Å². The predicted molar refractivity (Wildman–Crippen MR) is 66.6 cm³/mol. The monoisotopic (exact) mass is 263 g/mol. The predicted octanol–water partition coefficient (Wildman–Crippen LogP) is 0.440. The number of amides is 1. The van der Waals surface area contributed by atoms with Crippen molar-refractivity contribution < 1.29 is 23.9 Å². The largest absolute Gasteiger partial charge is 0.497 e. The number of carbonyl (C=O) groups excluding carboxylic acids is 3. The summed E-state index contributed by atoms with van der Waals surface area (Å²) in [6, 6.07) is 4.73. The third kappa shape index (κ3) is 2.34. The van der Waals surface area contributed by atoms with E-state index >= 15 is 0 Å². The van der Waals surface area contributed by atoms with Crippen molar-refractivity contribution in [3.63, 3.8) is 0 Å². The molecule has 0 N–H and O–H groups in total. The van der Waals surface area contributed by atoms with Crippen LogP contribution in [0.3, 0.4) is 0 Å². The quantitative estimate of drug-likeness (QED) is 0.721. The minimum Gasteiger partial charge on any atom is -0.497 e. The molecule has 0 atom stereocenters. The highest BCUT2D eigenvalue weighted by Gasteiger charge is 2.36. The van der Waals surface area contributed by atoms with E-state index in [0.29, 0.717) is 11.4 Å². The van der Waals surface area contributed by atoms with Gasteiger partial charge in [-0.2, -0.15) is 0 Å². The van der Waals surface area contributed by atoms with Crippen molar-refractivity contribution in [2.24, 2.45) is 0 Å². The Morgan fingerprint density at radius 2 is 2.00 bits per heavy atom. The molecule has 0 fully saturated rings. The van der Waals surface area contributed by atoms with E-state index in [4.69, 9.17) is 9.47 Å². The van der Waals surface area contributed by atoms with Crippen molar-refractivity contribution in [1.82, 2.24) is 0 Å². The van der Waals surface area contributed by atoms with Crippen LogP contribution in [0.1, 0.15) is 10.4 Å². The van der Waals surface area contributed by atoms with Gasteiger partial charge in [-0.15, -0.1) is 0 Å². The summed E-state index contributed by atoms with van der Waals surface area (Å²) in [6.07, 6.45) is 0. The summed E-state index contributed by atoms with van der Waals surface area (Å²) in [4.78, 5) is 36.4. The van der Waals surface area contributed by atoms with Gasteiger partial charge in [-0.1, -0.05) is 0 Å². The average Bonchev–Trinajstić information content (AvgIpc) is 2.64. The molecule has 0 bridgehead atoms. The molecule has 1 aromatic carbocycles. The van der Waals surface area contributed by atoms with Crippen molar-refractivity contribution >= 4 is 23.2 Å². The molecule has 6 heteroatoms. The number of nitrogens with zero attached hydrogens (tertiary/aromatic N) is 1. The van der Waals surface area contributed by atoms with Gasteiger partial charge in [0.05, 0.1) is 24.9 Å². The van der Waals surface area contributed by atoms with Crippen LogP contribution in [0.4, 0.5) is 5.69 Å². The van der Waals surface area contributed by atoms with E-state index in [9.17, 15) is 14.4 Å². The number of rotatable bonds is 5. The molecule has 100 valence electrons. The van der Waals surface area contributed by atoms with Gasteiger partial charge < -0.3 is 9.47 Å². The number of hydrogen-bond donors (Lipinski definition) is 0. The molecule has 0 unspecified atom stereocenters. The number of ether oxygens (including phenoxy) is 2. The van der Waals surface area contributed by atoms with Gasteiger partial charge in [-0.05, 0) is 18.2 Å². The lowest BCUT2D eigenvalue weighted by Gasteiger charge is -2.15. The Kier molecular flexibility index (Phi) is 3.62. The maximum Gasteiger partial charge on any atom is 0.299 e. The van der Waals surface area contributed by atoms with Gasteiger partial charge in [0.25, 0.3) is 11.7 Å². The van der Waals surface area contributed by atoms with Crippen LogP contribution in [-0.4, -0.2) is 44.8 Å². The fraction of sp³-hybridized carbons (Fsp3) is 0.308. The van der Waals surface area contributed by atoms with E-state index < -0.39 is 11.7 Å². The molecule has 0 saturated heterocycles. The molecule has 1 aliphatic heterocycles. The number of fused-ring (bicyclic) bond motifs is 1. The molecule has 19 heavy (non-hydrogen) atoms. The van der Waals surface area contributed by atoms with Crippen molar-refractivity contribution in [2.45, 2.75) is 0 Å². The maximum atomic E-state index is 11.8. The second kappa shape index (κ2) is 5.19. The highest BCUT2D eigenvalue weighted by Crippen LogP contribution is 2.31. The molecular weight excluding hydrogens is 250 g/mol. The number of benzene rings is 1. The third-order valence-corrected chi connectivity index (χ3v) is 2.82. The topological polar surface area (TPSA) is 72.9 Å². The highest BCUT2D eigenvalue weighted by atomic mass is 16.5. The van der Waals surface area contributed by atoms with Crippen LogP contribution in [0.25, 0.3) is 0 Å². The van der Waals surface area contributed by atoms with Crippen molar-refractivity contribution in [3.8, 4) is 5.75 Å².